The molecule has 2 amide bonds. The van der Waals surface area contributed by atoms with E-state index in [0.29, 0.717) is 22.2 Å². The van der Waals surface area contributed by atoms with Crippen LogP contribution in [0.4, 0.5) is 5.69 Å². The van der Waals surface area contributed by atoms with E-state index in [1.165, 1.54) is 41.3 Å². The van der Waals surface area contributed by atoms with Crippen molar-refractivity contribution < 1.29 is 18.0 Å². The van der Waals surface area contributed by atoms with Crippen molar-refractivity contribution in [3.63, 3.8) is 0 Å². The van der Waals surface area contributed by atoms with Crippen LogP contribution in [0.3, 0.4) is 0 Å². The maximum Gasteiger partial charge on any atom is 0.264 e. The van der Waals surface area contributed by atoms with Crippen LogP contribution in [0.1, 0.15) is 19.4 Å². The normalized spacial score (nSPS) is 12.1. The Hall–Kier alpha value is -2.49. The van der Waals surface area contributed by atoms with Gasteiger partial charge in [0.25, 0.3) is 10.0 Å². The SMILES string of the molecule is CCNC(=O)[C@H](C)N(Cc1ccc(Cl)cc1Cl)C(=O)CN(c1cc(Cl)cc(Cl)c1)S(=O)(=O)c1ccccc1. The summed E-state index contributed by atoms with van der Waals surface area (Å²) in [5.74, 6) is -1.06. The highest BCUT2D eigenvalue weighted by atomic mass is 35.5. The molecule has 3 rings (SSSR count). The predicted molar refractivity (Wildman–Crippen MR) is 153 cm³/mol. The number of hydrogen-bond donors (Lipinski definition) is 1. The van der Waals surface area contributed by atoms with Crippen molar-refractivity contribution >= 4 is 73.9 Å². The molecular formula is C26H25Cl4N3O4S. The molecule has 202 valence electrons. The molecule has 0 fully saturated rings. The highest BCUT2D eigenvalue weighted by Gasteiger charge is 2.33. The van der Waals surface area contributed by atoms with E-state index in [9.17, 15) is 18.0 Å². The van der Waals surface area contributed by atoms with E-state index in [0.717, 1.165) is 4.31 Å². The summed E-state index contributed by atoms with van der Waals surface area (Å²) in [6.07, 6.45) is 0. The molecule has 0 aliphatic carbocycles. The minimum atomic E-state index is -4.23. The van der Waals surface area contributed by atoms with Gasteiger partial charge in [0.15, 0.2) is 0 Å². The number of rotatable bonds is 10. The number of carbonyl (C=O) groups is 2. The van der Waals surface area contributed by atoms with Crippen LogP contribution in [0.2, 0.25) is 20.1 Å². The van der Waals surface area contributed by atoms with E-state index < -0.39 is 34.4 Å². The van der Waals surface area contributed by atoms with E-state index in [2.05, 4.69) is 5.32 Å². The standard InChI is InChI=1S/C26H25Cl4N3O4S/c1-3-31-26(35)17(2)32(15-18-9-10-19(27)14-24(18)30)25(34)16-33(22-12-20(28)11-21(29)13-22)38(36,37)23-7-5-4-6-8-23/h4-14,17H,3,15-16H2,1-2H3,(H,31,35)/t17-/m0/s1. The topological polar surface area (TPSA) is 86.8 Å². The van der Waals surface area contributed by atoms with Crippen molar-refractivity contribution in [1.29, 1.82) is 0 Å². The fourth-order valence-electron chi connectivity index (χ4n) is 3.67. The molecule has 0 aliphatic heterocycles. The van der Waals surface area contributed by atoms with E-state index in [1.54, 1.807) is 44.2 Å². The third-order valence-corrected chi connectivity index (χ3v) is 8.43. The highest BCUT2D eigenvalue weighted by molar-refractivity contribution is 7.92. The Bertz CT molecular complexity index is 1400. The molecule has 0 heterocycles. The molecule has 0 saturated heterocycles. The van der Waals surface area contributed by atoms with Crippen molar-refractivity contribution in [1.82, 2.24) is 10.2 Å². The summed E-state index contributed by atoms with van der Waals surface area (Å²) < 4.78 is 28.4. The number of benzene rings is 3. The Morgan fingerprint density at radius 3 is 2.11 bits per heavy atom. The van der Waals surface area contributed by atoms with Gasteiger partial charge in [0.05, 0.1) is 10.6 Å². The summed E-state index contributed by atoms with van der Waals surface area (Å²) in [5, 5.41) is 3.78. The Balaban J connectivity index is 2.07. The number of nitrogens with one attached hydrogen (secondary N) is 1. The van der Waals surface area contributed by atoms with Crippen LogP contribution in [-0.4, -0.2) is 44.3 Å². The van der Waals surface area contributed by atoms with Gasteiger partial charge in [-0.2, -0.15) is 0 Å². The Morgan fingerprint density at radius 1 is 0.895 bits per heavy atom. The van der Waals surface area contributed by atoms with Gasteiger partial charge in [-0.3, -0.25) is 13.9 Å². The fraction of sp³-hybridized carbons (Fsp3) is 0.231. The zero-order valence-corrected chi connectivity index (χ0v) is 24.3. The van der Waals surface area contributed by atoms with Crippen molar-refractivity contribution in [3.05, 3.63) is 92.4 Å². The van der Waals surface area contributed by atoms with Crippen molar-refractivity contribution in [2.24, 2.45) is 0 Å². The first kappa shape index (κ1) is 30.1. The van der Waals surface area contributed by atoms with Crippen LogP contribution in [0, 0.1) is 0 Å². The van der Waals surface area contributed by atoms with Gasteiger partial charge in [0, 0.05) is 33.2 Å². The van der Waals surface area contributed by atoms with Crippen LogP contribution >= 0.6 is 46.4 Å². The molecule has 7 nitrogen and oxygen atoms in total. The molecule has 1 atom stereocenters. The lowest BCUT2D eigenvalue weighted by Gasteiger charge is -2.32. The molecular weight excluding hydrogens is 592 g/mol. The second-order valence-electron chi connectivity index (χ2n) is 8.28. The lowest BCUT2D eigenvalue weighted by molar-refractivity contribution is -0.139. The number of hydrogen-bond acceptors (Lipinski definition) is 4. The van der Waals surface area contributed by atoms with Gasteiger partial charge in [-0.1, -0.05) is 70.7 Å². The molecule has 0 radical (unpaired) electrons. The van der Waals surface area contributed by atoms with Gasteiger partial charge in [0.1, 0.15) is 12.6 Å². The first-order valence-electron chi connectivity index (χ1n) is 11.5. The van der Waals surface area contributed by atoms with E-state index in [-0.39, 0.29) is 27.2 Å². The molecule has 12 heteroatoms. The van der Waals surface area contributed by atoms with Gasteiger partial charge in [-0.05, 0) is 61.9 Å². The van der Waals surface area contributed by atoms with Gasteiger partial charge in [-0.25, -0.2) is 8.42 Å². The first-order valence-corrected chi connectivity index (χ1v) is 14.4. The molecule has 0 unspecified atom stereocenters. The Morgan fingerprint density at radius 2 is 1.53 bits per heavy atom. The van der Waals surface area contributed by atoms with Crippen molar-refractivity contribution in [2.45, 2.75) is 31.3 Å². The monoisotopic (exact) mass is 615 g/mol. The van der Waals surface area contributed by atoms with Crippen LogP contribution in [0.5, 0.6) is 0 Å². The molecule has 0 aromatic heterocycles. The number of carbonyl (C=O) groups excluding carboxylic acids is 2. The van der Waals surface area contributed by atoms with E-state index in [4.69, 9.17) is 46.4 Å². The molecule has 3 aromatic carbocycles. The zero-order valence-electron chi connectivity index (χ0n) is 20.5. The summed E-state index contributed by atoms with van der Waals surface area (Å²) in [4.78, 5) is 27.8. The summed E-state index contributed by atoms with van der Waals surface area (Å²) in [5.41, 5.74) is 0.624. The van der Waals surface area contributed by atoms with Crippen molar-refractivity contribution in [3.8, 4) is 0 Å². The largest absolute Gasteiger partial charge is 0.355 e. The minimum Gasteiger partial charge on any atom is -0.355 e. The van der Waals surface area contributed by atoms with Crippen LogP contribution in [0.15, 0.2) is 71.6 Å². The molecule has 0 spiro atoms. The first-order chi connectivity index (χ1) is 17.9. The molecule has 3 aromatic rings. The fourth-order valence-corrected chi connectivity index (χ4v) is 6.07. The van der Waals surface area contributed by atoms with Crippen LogP contribution in [-0.2, 0) is 26.2 Å². The summed E-state index contributed by atoms with van der Waals surface area (Å²) in [6, 6.07) is 15.7. The third kappa shape index (κ3) is 7.33. The van der Waals surface area contributed by atoms with Gasteiger partial charge < -0.3 is 10.2 Å². The summed E-state index contributed by atoms with van der Waals surface area (Å²) >= 11 is 24.7. The lowest BCUT2D eigenvalue weighted by Crippen LogP contribution is -2.51. The molecule has 38 heavy (non-hydrogen) atoms. The van der Waals surface area contributed by atoms with E-state index >= 15 is 0 Å². The van der Waals surface area contributed by atoms with Gasteiger partial charge in [-0.15, -0.1) is 0 Å². The maximum atomic E-state index is 13.8. The smallest absolute Gasteiger partial charge is 0.264 e. The van der Waals surface area contributed by atoms with E-state index in [1.807, 2.05) is 0 Å². The maximum absolute atomic E-state index is 13.8. The highest BCUT2D eigenvalue weighted by Crippen LogP contribution is 2.30. The molecule has 0 bridgehead atoms. The molecule has 1 N–H and O–H groups in total. The number of halogens is 4. The second-order valence-corrected chi connectivity index (χ2v) is 11.9. The predicted octanol–water partition coefficient (Wildman–Crippen LogP) is 6.05. The summed E-state index contributed by atoms with van der Waals surface area (Å²) in [7, 11) is -4.23. The number of amides is 2. The molecule has 0 aliphatic rings. The summed E-state index contributed by atoms with van der Waals surface area (Å²) in [6.45, 7) is 2.96. The quantitative estimate of drug-likeness (QED) is 0.300. The molecule has 0 saturated carbocycles. The second kappa shape index (κ2) is 13.0. The average molecular weight is 617 g/mol. The Labute approximate surface area is 242 Å². The average Bonchev–Trinajstić information content (AvgIpc) is 2.86. The number of anilines is 1. The van der Waals surface area contributed by atoms with Crippen molar-refractivity contribution in [2.75, 3.05) is 17.4 Å². The third-order valence-electron chi connectivity index (χ3n) is 5.62. The number of likely N-dealkylation sites (N-methyl/N-ethyl adjacent to an activating group) is 1. The number of nitrogens with zero attached hydrogens (tertiary/aromatic N) is 2. The Kier molecular flexibility index (Phi) is 10.3. The number of sulfonamides is 1. The lowest BCUT2D eigenvalue weighted by atomic mass is 10.1. The van der Waals surface area contributed by atoms with Crippen LogP contribution < -0.4 is 9.62 Å². The van der Waals surface area contributed by atoms with Gasteiger partial charge in [0.2, 0.25) is 11.8 Å². The van der Waals surface area contributed by atoms with Gasteiger partial charge >= 0.3 is 0 Å². The minimum absolute atomic E-state index is 0.0343. The van der Waals surface area contributed by atoms with Crippen LogP contribution in [0.25, 0.3) is 0 Å². The zero-order chi connectivity index (χ0) is 28.0.